The van der Waals surface area contributed by atoms with Gasteiger partial charge in [0.15, 0.2) is 0 Å². The molecule has 0 aliphatic heterocycles. The van der Waals surface area contributed by atoms with Gasteiger partial charge in [0.25, 0.3) is 0 Å². The maximum absolute atomic E-state index is 5.94. The number of hydrogen-bond acceptors (Lipinski definition) is 4. The first-order chi connectivity index (χ1) is 8.72. The molecular formula is C14H21NO2S. The minimum absolute atomic E-state index is 0.397. The van der Waals surface area contributed by atoms with Crippen LogP contribution in [-0.4, -0.2) is 25.5 Å². The van der Waals surface area contributed by atoms with E-state index in [0.717, 1.165) is 29.2 Å². The van der Waals surface area contributed by atoms with Crippen LogP contribution in [-0.2, 0) is 0 Å². The van der Waals surface area contributed by atoms with E-state index in [1.165, 1.54) is 12.8 Å². The fourth-order valence-corrected chi connectivity index (χ4v) is 3.58. The molecule has 1 aromatic carbocycles. The van der Waals surface area contributed by atoms with Gasteiger partial charge in [-0.05, 0) is 43.9 Å². The van der Waals surface area contributed by atoms with Gasteiger partial charge in [0.05, 0.1) is 19.1 Å². The lowest BCUT2D eigenvalue weighted by Crippen LogP contribution is -2.27. The molecule has 2 rings (SSSR count). The van der Waals surface area contributed by atoms with Crippen molar-refractivity contribution in [3.63, 3.8) is 0 Å². The smallest absolute Gasteiger partial charge is 0.132 e. The minimum Gasteiger partial charge on any atom is -0.497 e. The van der Waals surface area contributed by atoms with Gasteiger partial charge in [-0.25, -0.2) is 0 Å². The summed E-state index contributed by atoms with van der Waals surface area (Å²) >= 11 is 1.89. The largest absolute Gasteiger partial charge is 0.497 e. The molecule has 0 amide bonds. The van der Waals surface area contributed by atoms with Crippen LogP contribution < -0.4 is 15.2 Å². The molecular weight excluding hydrogens is 246 g/mol. The predicted octanol–water partition coefficient (Wildman–Crippen LogP) is 3.07. The van der Waals surface area contributed by atoms with Crippen LogP contribution in [0.25, 0.3) is 0 Å². The number of methoxy groups -OCH3 is 2. The summed E-state index contributed by atoms with van der Waals surface area (Å²) in [4.78, 5) is 1.16. The Morgan fingerprint density at radius 3 is 2.44 bits per heavy atom. The molecule has 0 spiro atoms. The molecule has 3 nitrogen and oxygen atoms in total. The van der Waals surface area contributed by atoms with Gasteiger partial charge < -0.3 is 15.2 Å². The number of thioether (sulfide) groups is 1. The van der Waals surface area contributed by atoms with Crippen molar-refractivity contribution in [1.82, 2.24) is 0 Å². The third kappa shape index (κ3) is 3.33. The van der Waals surface area contributed by atoms with E-state index in [0.29, 0.717) is 11.3 Å². The first-order valence-electron chi connectivity index (χ1n) is 6.37. The molecule has 0 saturated heterocycles. The minimum atomic E-state index is 0.397. The summed E-state index contributed by atoms with van der Waals surface area (Å²) in [5, 5.41) is 0.644. The van der Waals surface area contributed by atoms with E-state index in [1.807, 2.05) is 23.9 Å². The van der Waals surface area contributed by atoms with E-state index in [-0.39, 0.29) is 0 Å². The summed E-state index contributed by atoms with van der Waals surface area (Å²) in [6.07, 6.45) is 4.63. The quantitative estimate of drug-likeness (QED) is 0.910. The highest BCUT2D eigenvalue weighted by Gasteiger charge is 2.20. The second-order valence-corrected chi connectivity index (χ2v) is 6.01. The number of nitrogens with two attached hydrogens (primary N) is 1. The fourth-order valence-electron chi connectivity index (χ4n) is 2.26. The molecule has 0 unspecified atom stereocenters. The summed E-state index contributed by atoms with van der Waals surface area (Å²) in [6, 6.07) is 6.35. The van der Waals surface area contributed by atoms with Crippen molar-refractivity contribution >= 4 is 11.8 Å². The van der Waals surface area contributed by atoms with Crippen LogP contribution in [0.15, 0.2) is 23.1 Å². The molecule has 18 heavy (non-hydrogen) atoms. The summed E-state index contributed by atoms with van der Waals surface area (Å²) in [7, 11) is 3.40. The van der Waals surface area contributed by atoms with Crippen molar-refractivity contribution in [2.24, 2.45) is 5.73 Å². The van der Waals surface area contributed by atoms with E-state index in [4.69, 9.17) is 15.2 Å². The Morgan fingerprint density at radius 2 is 1.83 bits per heavy atom. The van der Waals surface area contributed by atoms with Crippen LogP contribution in [0.3, 0.4) is 0 Å². The van der Waals surface area contributed by atoms with Gasteiger partial charge in [-0.3, -0.25) is 0 Å². The molecule has 1 aliphatic carbocycles. The number of ether oxygens (including phenoxy) is 2. The van der Waals surface area contributed by atoms with Crippen molar-refractivity contribution in [2.75, 3.05) is 14.2 Å². The molecule has 1 aliphatic rings. The molecule has 0 aromatic heterocycles. The normalized spacial score (nSPS) is 23.7. The van der Waals surface area contributed by atoms with Crippen molar-refractivity contribution in [3.8, 4) is 11.5 Å². The SMILES string of the molecule is COc1ccc(OC)c(SC2CCC(N)CC2)c1. The first kappa shape index (κ1) is 13.6. The molecule has 0 atom stereocenters. The van der Waals surface area contributed by atoms with Crippen molar-refractivity contribution in [1.29, 1.82) is 0 Å². The maximum atomic E-state index is 5.94. The Bertz CT molecular complexity index is 389. The number of benzene rings is 1. The van der Waals surface area contributed by atoms with E-state index < -0.39 is 0 Å². The van der Waals surface area contributed by atoms with Crippen LogP contribution in [0.5, 0.6) is 11.5 Å². The summed E-state index contributed by atoms with van der Waals surface area (Å²) in [6.45, 7) is 0. The van der Waals surface area contributed by atoms with E-state index >= 15 is 0 Å². The second kappa shape index (κ2) is 6.34. The van der Waals surface area contributed by atoms with Crippen LogP contribution in [0, 0.1) is 0 Å². The van der Waals surface area contributed by atoms with Crippen LogP contribution in [0.2, 0.25) is 0 Å². The van der Waals surface area contributed by atoms with Gasteiger partial charge in [-0.1, -0.05) is 0 Å². The number of hydrogen-bond donors (Lipinski definition) is 1. The Kier molecular flexibility index (Phi) is 4.78. The molecule has 100 valence electrons. The van der Waals surface area contributed by atoms with Crippen molar-refractivity contribution < 1.29 is 9.47 Å². The molecule has 0 radical (unpaired) electrons. The highest BCUT2D eigenvalue weighted by atomic mass is 32.2. The molecule has 1 saturated carbocycles. The van der Waals surface area contributed by atoms with Gasteiger partial charge >= 0.3 is 0 Å². The standard InChI is InChI=1S/C14H21NO2S/c1-16-11-5-8-13(17-2)14(9-11)18-12-6-3-10(15)4-7-12/h5,8-10,12H,3-4,6-7,15H2,1-2H3. The molecule has 0 heterocycles. The molecule has 4 heteroatoms. The van der Waals surface area contributed by atoms with Gasteiger partial charge in [0.2, 0.25) is 0 Å². The van der Waals surface area contributed by atoms with Gasteiger partial charge in [-0.15, -0.1) is 11.8 Å². The average molecular weight is 267 g/mol. The zero-order chi connectivity index (χ0) is 13.0. The first-order valence-corrected chi connectivity index (χ1v) is 7.25. The third-order valence-corrected chi connectivity index (χ3v) is 4.76. The van der Waals surface area contributed by atoms with Crippen LogP contribution >= 0.6 is 11.8 Å². The van der Waals surface area contributed by atoms with Gasteiger partial charge in [-0.2, -0.15) is 0 Å². The summed E-state index contributed by atoms with van der Waals surface area (Å²) in [5.74, 6) is 1.81. The predicted molar refractivity (Wildman–Crippen MR) is 75.6 cm³/mol. The third-order valence-electron chi connectivity index (χ3n) is 3.38. The molecule has 1 aromatic rings. The maximum Gasteiger partial charge on any atom is 0.132 e. The number of rotatable bonds is 4. The van der Waals surface area contributed by atoms with Crippen LogP contribution in [0.4, 0.5) is 0 Å². The van der Waals surface area contributed by atoms with E-state index in [2.05, 4.69) is 6.07 Å². The zero-order valence-corrected chi connectivity index (χ0v) is 11.8. The monoisotopic (exact) mass is 267 g/mol. The highest BCUT2D eigenvalue weighted by molar-refractivity contribution is 8.00. The summed E-state index contributed by atoms with van der Waals surface area (Å²) in [5.41, 5.74) is 5.94. The van der Waals surface area contributed by atoms with Crippen LogP contribution in [0.1, 0.15) is 25.7 Å². The lowest BCUT2D eigenvalue weighted by atomic mass is 9.96. The molecule has 1 fully saturated rings. The Balaban J connectivity index is 2.07. The Morgan fingerprint density at radius 1 is 1.11 bits per heavy atom. The van der Waals surface area contributed by atoms with E-state index in [9.17, 15) is 0 Å². The molecule has 2 N–H and O–H groups in total. The fraction of sp³-hybridized carbons (Fsp3) is 0.571. The Hall–Kier alpha value is -0.870. The molecule has 0 bridgehead atoms. The topological polar surface area (TPSA) is 44.5 Å². The Labute approximate surface area is 113 Å². The lowest BCUT2D eigenvalue weighted by Gasteiger charge is -2.26. The zero-order valence-electron chi connectivity index (χ0n) is 11.0. The average Bonchev–Trinajstić information content (AvgIpc) is 2.41. The van der Waals surface area contributed by atoms with E-state index in [1.54, 1.807) is 14.2 Å². The van der Waals surface area contributed by atoms with Gasteiger partial charge in [0, 0.05) is 11.3 Å². The lowest BCUT2D eigenvalue weighted by molar-refractivity contribution is 0.393. The second-order valence-electron chi connectivity index (χ2n) is 4.67. The van der Waals surface area contributed by atoms with Gasteiger partial charge in [0.1, 0.15) is 11.5 Å². The summed E-state index contributed by atoms with van der Waals surface area (Å²) < 4.78 is 10.7. The highest BCUT2D eigenvalue weighted by Crippen LogP contribution is 2.39. The van der Waals surface area contributed by atoms with Crippen molar-refractivity contribution in [2.45, 2.75) is 41.9 Å². The van der Waals surface area contributed by atoms with Crippen molar-refractivity contribution in [3.05, 3.63) is 18.2 Å².